The van der Waals surface area contributed by atoms with E-state index in [1.165, 1.54) is 19.2 Å². The van der Waals surface area contributed by atoms with Gasteiger partial charge < -0.3 is 20.5 Å². The van der Waals surface area contributed by atoms with E-state index in [9.17, 15) is 27.6 Å². The molecule has 0 saturated heterocycles. The number of hydrogen-bond donors (Lipinski definition) is 3. The molecule has 1 aliphatic rings. The van der Waals surface area contributed by atoms with Crippen LogP contribution in [-0.2, 0) is 14.3 Å². The second kappa shape index (κ2) is 9.51. The molecule has 176 valence electrons. The van der Waals surface area contributed by atoms with Gasteiger partial charge in [-0.15, -0.1) is 0 Å². The van der Waals surface area contributed by atoms with E-state index >= 15 is 0 Å². The number of hydrogen-bond acceptors (Lipinski definition) is 4. The first kappa shape index (κ1) is 24.1. The molecule has 0 bridgehead atoms. The summed E-state index contributed by atoms with van der Waals surface area (Å²) in [6.45, 7) is 2.62. The minimum absolute atomic E-state index is 0.240. The Morgan fingerprint density at radius 1 is 0.970 bits per heavy atom. The average Bonchev–Trinajstić information content (AvgIpc) is 3.06. The van der Waals surface area contributed by atoms with Gasteiger partial charge in [0.1, 0.15) is 12.6 Å². The molecule has 0 heterocycles. The molecule has 0 aliphatic heterocycles. The Morgan fingerprint density at radius 2 is 1.48 bits per heavy atom. The molecule has 1 unspecified atom stereocenters. The van der Waals surface area contributed by atoms with Crippen LogP contribution in [0.2, 0.25) is 0 Å². The number of alkyl carbamates (subject to hydrolysis) is 1. The maximum absolute atomic E-state index is 13.4. The van der Waals surface area contributed by atoms with Crippen LogP contribution < -0.4 is 10.6 Å². The van der Waals surface area contributed by atoms with E-state index in [1.54, 1.807) is 0 Å². The summed E-state index contributed by atoms with van der Waals surface area (Å²) < 4.78 is 45.4. The number of carbonyl (C=O) groups is 3. The fraction of sp³-hybridized carbons (Fsp3) is 0.348. The van der Waals surface area contributed by atoms with Crippen molar-refractivity contribution in [2.24, 2.45) is 5.92 Å². The van der Waals surface area contributed by atoms with Crippen molar-refractivity contribution in [1.29, 1.82) is 0 Å². The molecule has 7 nitrogen and oxygen atoms in total. The fourth-order valence-electron chi connectivity index (χ4n) is 3.80. The molecule has 2 amide bonds. The molecule has 2 atom stereocenters. The number of alkyl halides is 3. The van der Waals surface area contributed by atoms with Gasteiger partial charge in [0, 0.05) is 5.92 Å². The molecular weight excluding hydrogens is 441 g/mol. The van der Waals surface area contributed by atoms with Crippen molar-refractivity contribution >= 4 is 18.0 Å². The molecule has 3 N–H and O–H groups in total. The van der Waals surface area contributed by atoms with Crippen LogP contribution in [0.15, 0.2) is 48.5 Å². The first-order valence-corrected chi connectivity index (χ1v) is 10.2. The maximum atomic E-state index is 13.4. The number of halogens is 3. The Labute approximate surface area is 187 Å². The highest BCUT2D eigenvalue weighted by molar-refractivity contribution is 5.90. The van der Waals surface area contributed by atoms with Crippen molar-refractivity contribution < 1.29 is 37.4 Å². The smallest absolute Gasteiger partial charge is 0.417 e. The monoisotopic (exact) mass is 464 g/mol. The normalized spacial score (nSPS) is 14.7. The molecule has 0 saturated carbocycles. The number of amides is 2. The van der Waals surface area contributed by atoms with Crippen molar-refractivity contribution in [1.82, 2.24) is 10.6 Å². The lowest BCUT2D eigenvalue weighted by Crippen LogP contribution is -2.58. The first-order valence-electron chi connectivity index (χ1n) is 10.2. The van der Waals surface area contributed by atoms with E-state index in [0.29, 0.717) is 0 Å². The molecule has 0 spiro atoms. The fourth-order valence-corrected chi connectivity index (χ4v) is 3.80. The molecule has 10 heteroatoms. The number of aliphatic carboxylic acids is 1. The maximum Gasteiger partial charge on any atom is 0.417 e. The van der Waals surface area contributed by atoms with E-state index in [0.717, 1.165) is 22.3 Å². The second-order valence-corrected chi connectivity index (χ2v) is 8.01. The number of fused-ring (bicyclic) bond motifs is 3. The van der Waals surface area contributed by atoms with Crippen LogP contribution in [0, 0.1) is 5.92 Å². The SMILES string of the molecule is CC(C)[C@H](NC(=O)C(NC(=O)OCC1c2ccccc2-c2ccccc21)C(F)(F)F)C(=O)O. The van der Waals surface area contributed by atoms with Gasteiger partial charge in [0.2, 0.25) is 6.04 Å². The molecule has 2 aromatic carbocycles. The zero-order valence-electron chi connectivity index (χ0n) is 17.8. The largest absolute Gasteiger partial charge is 0.480 e. The molecule has 3 rings (SSSR count). The van der Waals surface area contributed by atoms with Crippen molar-refractivity contribution in [2.45, 2.75) is 38.0 Å². The van der Waals surface area contributed by atoms with Gasteiger partial charge in [0.25, 0.3) is 5.91 Å². The van der Waals surface area contributed by atoms with Gasteiger partial charge in [-0.1, -0.05) is 62.4 Å². The third kappa shape index (κ3) is 5.27. The third-order valence-electron chi connectivity index (χ3n) is 5.43. The predicted molar refractivity (Wildman–Crippen MR) is 112 cm³/mol. The Balaban J connectivity index is 1.71. The molecule has 0 aromatic heterocycles. The van der Waals surface area contributed by atoms with Crippen molar-refractivity contribution in [3.05, 3.63) is 59.7 Å². The molecular formula is C23H23F3N2O5. The second-order valence-electron chi connectivity index (χ2n) is 8.01. The Bertz CT molecular complexity index is 1010. The number of carboxylic acids is 1. The number of benzene rings is 2. The summed E-state index contributed by atoms with van der Waals surface area (Å²) in [4.78, 5) is 35.6. The van der Waals surface area contributed by atoms with E-state index in [1.807, 2.05) is 53.8 Å². The van der Waals surface area contributed by atoms with Gasteiger partial charge in [0.15, 0.2) is 0 Å². The van der Waals surface area contributed by atoms with Crippen LogP contribution >= 0.6 is 0 Å². The van der Waals surface area contributed by atoms with Gasteiger partial charge in [-0.2, -0.15) is 13.2 Å². The summed E-state index contributed by atoms with van der Waals surface area (Å²) >= 11 is 0. The lowest BCUT2D eigenvalue weighted by atomic mass is 9.98. The van der Waals surface area contributed by atoms with Crippen LogP contribution in [0.4, 0.5) is 18.0 Å². The van der Waals surface area contributed by atoms with E-state index in [-0.39, 0.29) is 12.5 Å². The highest BCUT2D eigenvalue weighted by Gasteiger charge is 2.47. The summed E-state index contributed by atoms with van der Waals surface area (Å²) in [7, 11) is 0. The molecule has 1 aliphatic carbocycles. The number of rotatable bonds is 7. The summed E-state index contributed by atoms with van der Waals surface area (Å²) in [6, 6.07) is 10.4. The van der Waals surface area contributed by atoms with Crippen LogP contribution in [-0.4, -0.2) is 47.9 Å². The number of carboxylic acid groups (broad SMARTS) is 1. The highest BCUT2D eigenvalue weighted by atomic mass is 19.4. The van der Waals surface area contributed by atoms with Gasteiger partial charge in [0.05, 0.1) is 0 Å². The molecule has 0 radical (unpaired) electrons. The zero-order valence-corrected chi connectivity index (χ0v) is 17.8. The Kier molecular flexibility index (Phi) is 6.95. The van der Waals surface area contributed by atoms with Crippen LogP contribution in [0.25, 0.3) is 11.1 Å². The average molecular weight is 464 g/mol. The lowest BCUT2D eigenvalue weighted by molar-refractivity contribution is -0.169. The summed E-state index contributed by atoms with van der Waals surface area (Å²) in [6.07, 6.45) is -6.60. The first-order chi connectivity index (χ1) is 15.5. The van der Waals surface area contributed by atoms with E-state index in [4.69, 9.17) is 9.84 Å². The molecule has 33 heavy (non-hydrogen) atoms. The van der Waals surface area contributed by atoms with Gasteiger partial charge in [-0.05, 0) is 28.2 Å². The summed E-state index contributed by atoms with van der Waals surface area (Å²) in [5, 5.41) is 12.5. The lowest BCUT2D eigenvalue weighted by Gasteiger charge is -2.24. The summed E-state index contributed by atoms with van der Waals surface area (Å²) in [5.74, 6) is -4.22. The van der Waals surface area contributed by atoms with E-state index < -0.39 is 42.1 Å². The van der Waals surface area contributed by atoms with Crippen LogP contribution in [0.1, 0.15) is 30.9 Å². The summed E-state index contributed by atoms with van der Waals surface area (Å²) in [5.41, 5.74) is 3.64. The van der Waals surface area contributed by atoms with Crippen molar-refractivity contribution in [2.75, 3.05) is 6.61 Å². The van der Waals surface area contributed by atoms with Crippen LogP contribution in [0.3, 0.4) is 0 Å². The Morgan fingerprint density at radius 3 is 1.94 bits per heavy atom. The van der Waals surface area contributed by atoms with E-state index in [2.05, 4.69) is 0 Å². The van der Waals surface area contributed by atoms with Crippen molar-refractivity contribution in [3.8, 4) is 11.1 Å². The number of carbonyl (C=O) groups excluding carboxylic acids is 2. The highest BCUT2D eigenvalue weighted by Crippen LogP contribution is 2.44. The van der Waals surface area contributed by atoms with Gasteiger partial charge in [-0.25, -0.2) is 9.59 Å². The predicted octanol–water partition coefficient (Wildman–Crippen LogP) is 3.68. The molecule has 2 aromatic rings. The Hall–Kier alpha value is -3.56. The molecule has 0 fully saturated rings. The zero-order chi connectivity index (χ0) is 24.3. The quantitative estimate of drug-likeness (QED) is 0.580. The number of nitrogens with one attached hydrogen (secondary N) is 2. The van der Waals surface area contributed by atoms with Gasteiger partial charge >= 0.3 is 18.2 Å². The minimum Gasteiger partial charge on any atom is -0.480 e. The number of ether oxygens (including phenoxy) is 1. The standard InChI is InChI=1S/C23H23F3N2O5/c1-12(2)18(21(30)31)27-20(29)19(23(24,25)26)28-22(32)33-11-17-15-9-5-3-7-13(15)14-8-4-6-10-16(14)17/h3-10,12,17-19H,11H2,1-2H3,(H,27,29)(H,28,32)(H,30,31)/t18-,19?/m0/s1. The topological polar surface area (TPSA) is 105 Å². The third-order valence-corrected chi connectivity index (χ3v) is 5.43. The van der Waals surface area contributed by atoms with Gasteiger partial charge in [-0.3, -0.25) is 4.79 Å². The minimum atomic E-state index is -5.16. The van der Waals surface area contributed by atoms with Crippen molar-refractivity contribution in [3.63, 3.8) is 0 Å². The van der Waals surface area contributed by atoms with Crippen LogP contribution in [0.5, 0.6) is 0 Å².